The van der Waals surface area contributed by atoms with Crippen LogP contribution in [-0.4, -0.2) is 57.1 Å². The summed E-state index contributed by atoms with van der Waals surface area (Å²) >= 11 is 0. The summed E-state index contributed by atoms with van der Waals surface area (Å²) in [5.41, 5.74) is 6.44. The Morgan fingerprint density at radius 2 is 1.97 bits per heavy atom. The number of aromatic amines is 1. The van der Waals surface area contributed by atoms with Crippen molar-refractivity contribution in [3.05, 3.63) is 88.9 Å². The third-order valence-electron chi connectivity index (χ3n) is 8.12. The molecule has 3 heterocycles. The molecule has 4 aromatic rings. The highest BCUT2D eigenvalue weighted by atomic mass is 16.5. The molecule has 1 unspecified atom stereocenters. The summed E-state index contributed by atoms with van der Waals surface area (Å²) in [4.78, 5) is 22.4. The Labute approximate surface area is 230 Å². The molecule has 1 aliphatic carbocycles. The number of H-pyrrole nitrogens is 1. The van der Waals surface area contributed by atoms with E-state index in [9.17, 15) is 4.79 Å². The minimum Gasteiger partial charge on any atom is -0.494 e. The Morgan fingerprint density at radius 1 is 1.08 bits per heavy atom. The van der Waals surface area contributed by atoms with E-state index in [0.717, 1.165) is 87.1 Å². The van der Waals surface area contributed by atoms with Gasteiger partial charge in [-0.25, -0.2) is 0 Å². The molecular weight excluding hydrogens is 486 g/mol. The maximum Gasteiger partial charge on any atom is 0.274 e. The predicted molar refractivity (Wildman–Crippen MR) is 153 cm³/mol. The summed E-state index contributed by atoms with van der Waals surface area (Å²) in [7, 11) is 2.14. The van der Waals surface area contributed by atoms with Crippen molar-refractivity contribution in [2.75, 3.05) is 20.2 Å². The number of hydrogen-bond donors (Lipinski definition) is 1. The lowest BCUT2D eigenvalue weighted by Gasteiger charge is -2.35. The van der Waals surface area contributed by atoms with E-state index >= 15 is 0 Å². The zero-order valence-corrected chi connectivity index (χ0v) is 22.7. The Morgan fingerprint density at radius 3 is 2.92 bits per heavy atom. The number of aromatic nitrogens is 3. The maximum absolute atomic E-state index is 13.4. The quantitative estimate of drug-likeness (QED) is 0.312. The van der Waals surface area contributed by atoms with Crippen LogP contribution in [0.25, 0.3) is 10.9 Å². The standard InChI is InChI=1S/C32H37N5O2/c1-36(22-25-10-5-9-24-11-7-17-33-30(24)25)21-23-8-4-13-27(20-23)39-19-16-26-12-2-3-18-37(26)32(38)31-28-14-6-15-29(28)34-35-31/h4-5,7-11,13,17,20,26H,2-3,6,12,14-16,18-19,21-22H2,1H3,(H,34,35). The van der Waals surface area contributed by atoms with Gasteiger partial charge in [0, 0.05) is 54.9 Å². The molecule has 2 aromatic carbocycles. The largest absolute Gasteiger partial charge is 0.494 e. The zero-order valence-electron chi connectivity index (χ0n) is 22.7. The monoisotopic (exact) mass is 523 g/mol. The molecule has 1 N–H and O–H groups in total. The van der Waals surface area contributed by atoms with Gasteiger partial charge in [-0.15, -0.1) is 0 Å². The van der Waals surface area contributed by atoms with Gasteiger partial charge in [-0.3, -0.25) is 19.8 Å². The van der Waals surface area contributed by atoms with E-state index < -0.39 is 0 Å². The first-order valence-electron chi connectivity index (χ1n) is 14.3. The van der Waals surface area contributed by atoms with Gasteiger partial charge in [-0.1, -0.05) is 36.4 Å². The van der Waals surface area contributed by atoms with E-state index in [1.54, 1.807) is 0 Å². The minimum atomic E-state index is 0.0885. The molecule has 0 spiro atoms. The first kappa shape index (κ1) is 25.6. The molecule has 0 bridgehead atoms. The van der Waals surface area contributed by atoms with E-state index in [1.165, 1.54) is 16.5 Å². The average Bonchev–Trinajstić information content (AvgIpc) is 3.58. The Hall–Kier alpha value is -3.71. The molecule has 0 saturated carbocycles. The van der Waals surface area contributed by atoms with E-state index in [0.29, 0.717) is 12.3 Å². The number of piperidine rings is 1. The number of benzene rings is 2. The molecule has 1 atom stereocenters. The Bertz CT molecular complexity index is 1440. The van der Waals surface area contributed by atoms with Gasteiger partial charge in [0.25, 0.3) is 5.91 Å². The van der Waals surface area contributed by atoms with Gasteiger partial charge in [-0.2, -0.15) is 5.10 Å². The van der Waals surface area contributed by atoms with Gasteiger partial charge in [0.05, 0.1) is 12.1 Å². The lowest BCUT2D eigenvalue weighted by atomic mass is 9.98. The van der Waals surface area contributed by atoms with E-state index in [1.807, 2.05) is 18.3 Å². The second-order valence-corrected chi connectivity index (χ2v) is 11.0. The first-order valence-corrected chi connectivity index (χ1v) is 14.3. The Kier molecular flexibility index (Phi) is 7.59. The van der Waals surface area contributed by atoms with Crippen LogP contribution in [-0.2, 0) is 25.9 Å². The highest BCUT2D eigenvalue weighted by molar-refractivity contribution is 5.94. The normalized spacial score (nSPS) is 17.1. The van der Waals surface area contributed by atoms with Crippen LogP contribution in [0.15, 0.2) is 60.8 Å². The SMILES string of the molecule is CN(Cc1cccc(OCCC2CCCCN2C(=O)c2n[nH]c3c2CCC3)c1)Cc1cccc2cccnc12. The van der Waals surface area contributed by atoms with Crippen molar-refractivity contribution in [3.8, 4) is 5.75 Å². The minimum absolute atomic E-state index is 0.0885. The lowest BCUT2D eigenvalue weighted by molar-refractivity contribution is 0.0573. The van der Waals surface area contributed by atoms with Crippen molar-refractivity contribution in [2.24, 2.45) is 0 Å². The summed E-state index contributed by atoms with van der Waals surface area (Å²) in [6.07, 6.45) is 8.99. The molecule has 1 amide bonds. The average molecular weight is 524 g/mol. The van der Waals surface area contributed by atoms with Gasteiger partial charge < -0.3 is 9.64 Å². The van der Waals surface area contributed by atoms with Crippen LogP contribution < -0.4 is 4.74 Å². The van der Waals surface area contributed by atoms with Crippen LogP contribution in [0.3, 0.4) is 0 Å². The van der Waals surface area contributed by atoms with Crippen molar-refractivity contribution in [1.82, 2.24) is 25.0 Å². The number of para-hydroxylation sites is 1. The maximum atomic E-state index is 13.4. The van der Waals surface area contributed by atoms with Crippen LogP contribution in [0.1, 0.15) is 65.0 Å². The van der Waals surface area contributed by atoms with E-state index in [-0.39, 0.29) is 11.9 Å². The third-order valence-corrected chi connectivity index (χ3v) is 8.12. The summed E-state index contributed by atoms with van der Waals surface area (Å²) in [5.74, 6) is 0.970. The molecular formula is C32H37N5O2. The number of carbonyl (C=O) groups is 1. The smallest absolute Gasteiger partial charge is 0.274 e. The van der Waals surface area contributed by atoms with Crippen LogP contribution in [0.4, 0.5) is 0 Å². The van der Waals surface area contributed by atoms with Gasteiger partial charge >= 0.3 is 0 Å². The van der Waals surface area contributed by atoms with Gasteiger partial charge in [0.1, 0.15) is 5.75 Å². The lowest BCUT2D eigenvalue weighted by Crippen LogP contribution is -2.44. The summed E-state index contributed by atoms with van der Waals surface area (Å²) in [6.45, 7) is 3.04. The van der Waals surface area contributed by atoms with E-state index in [4.69, 9.17) is 4.74 Å². The number of pyridine rings is 1. The molecule has 1 aliphatic heterocycles. The number of nitrogens with one attached hydrogen (secondary N) is 1. The van der Waals surface area contributed by atoms with Gasteiger partial charge in [0.15, 0.2) is 5.69 Å². The Balaban J connectivity index is 1.04. The second-order valence-electron chi connectivity index (χ2n) is 11.0. The fourth-order valence-corrected chi connectivity index (χ4v) is 6.20. The number of likely N-dealkylation sites (tertiary alicyclic amines) is 1. The number of ether oxygens (including phenoxy) is 1. The summed E-state index contributed by atoms with van der Waals surface area (Å²) < 4.78 is 6.21. The second kappa shape index (κ2) is 11.6. The number of amides is 1. The molecule has 2 aliphatic rings. The fraction of sp³-hybridized carbons (Fsp3) is 0.406. The topological polar surface area (TPSA) is 74.3 Å². The fourth-order valence-electron chi connectivity index (χ4n) is 6.20. The van der Waals surface area contributed by atoms with Crippen molar-refractivity contribution in [3.63, 3.8) is 0 Å². The molecule has 7 heteroatoms. The number of rotatable bonds is 9. The van der Waals surface area contributed by atoms with E-state index in [2.05, 4.69) is 74.5 Å². The zero-order chi connectivity index (χ0) is 26.6. The van der Waals surface area contributed by atoms with Gasteiger partial charge in [-0.05, 0) is 74.9 Å². The number of nitrogens with zero attached hydrogens (tertiary/aromatic N) is 4. The van der Waals surface area contributed by atoms with Crippen LogP contribution in [0.5, 0.6) is 5.75 Å². The summed E-state index contributed by atoms with van der Waals surface area (Å²) in [5, 5.41) is 8.66. The third kappa shape index (κ3) is 5.69. The van der Waals surface area contributed by atoms with Crippen molar-refractivity contribution in [1.29, 1.82) is 0 Å². The number of fused-ring (bicyclic) bond motifs is 2. The highest BCUT2D eigenvalue weighted by Gasteiger charge is 2.32. The van der Waals surface area contributed by atoms with Crippen molar-refractivity contribution >= 4 is 16.8 Å². The molecule has 39 heavy (non-hydrogen) atoms. The number of aryl methyl sites for hydroxylation is 1. The van der Waals surface area contributed by atoms with Crippen LogP contribution in [0, 0.1) is 0 Å². The molecule has 0 radical (unpaired) electrons. The van der Waals surface area contributed by atoms with Crippen molar-refractivity contribution in [2.45, 2.75) is 64.1 Å². The molecule has 7 nitrogen and oxygen atoms in total. The van der Waals surface area contributed by atoms with Crippen LogP contribution in [0.2, 0.25) is 0 Å². The number of carbonyl (C=O) groups excluding carboxylic acids is 1. The first-order chi connectivity index (χ1) is 19.2. The summed E-state index contributed by atoms with van der Waals surface area (Å²) in [6, 6.07) is 19.0. The highest BCUT2D eigenvalue weighted by Crippen LogP contribution is 2.28. The van der Waals surface area contributed by atoms with Crippen LogP contribution >= 0.6 is 0 Å². The van der Waals surface area contributed by atoms with Gasteiger partial charge in [0.2, 0.25) is 0 Å². The number of hydrogen-bond acceptors (Lipinski definition) is 5. The molecule has 202 valence electrons. The molecule has 1 saturated heterocycles. The molecule has 2 aromatic heterocycles. The molecule has 1 fully saturated rings. The van der Waals surface area contributed by atoms with Crippen molar-refractivity contribution < 1.29 is 9.53 Å². The molecule has 6 rings (SSSR count). The predicted octanol–water partition coefficient (Wildman–Crippen LogP) is 5.54.